The molecule has 0 fully saturated rings. The average molecular weight is 375 g/mol. The lowest BCUT2D eigenvalue weighted by Crippen LogP contribution is -2.45. The molecule has 2 rings (SSSR count). The van der Waals surface area contributed by atoms with Gasteiger partial charge >= 0.3 is 0 Å². The van der Waals surface area contributed by atoms with Crippen LogP contribution in [0.3, 0.4) is 0 Å². The Morgan fingerprint density at radius 2 is 1.48 bits per heavy atom. The standard InChI is InChI=1S/C16H17N5O2S2/c1-10-6-5-8-12(11(10)2)17-15(24)19-20-16(25)18-13-7-3-4-9-14(13)21(22)23/h3-9H,1-2H3,(H2,17,19,24)(H2,18,20,25). The third kappa shape index (κ3) is 5.10. The van der Waals surface area contributed by atoms with Gasteiger partial charge in [0.25, 0.3) is 5.69 Å². The van der Waals surface area contributed by atoms with E-state index >= 15 is 0 Å². The zero-order valence-electron chi connectivity index (χ0n) is 13.6. The predicted molar refractivity (Wildman–Crippen MR) is 108 cm³/mol. The van der Waals surface area contributed by atoms with Gasteiger partial charge in [-0.2, -0.15) is 0 Å². The van der Waals surface area contributed by atoms with Crippen LogP contribution in [-0.4, -0.2) is 15.1 Å². The number of nitrogens with zero attached hydrogens (tertiary/aromatic N) is 1. The van der Waals surface area contributed by atoms with Crippen molar-refractivity contribution >= 4 is 51.7 Å². The highest BCUT2D eigenvalue weighted by molar-refractivity contribution is 7.81. The van der Waals surface area contributed by atoms with Gasteiger partial charge in [-0.05, 0) is 61.5 Å². The van der Waals surface area contributed by atoms with E-state index in [2.05, 4.69) is 21.5 Å². The van der Waals surface area contributed by atoms with Crippen molar-refractivity contribution in [2.24, 2.45) is 0 Å². The van der Waals surface area contributed by atoms with Crippen molar-refractivity contribution in [3.63, 3.8) is 0 Å². The summed E-state index contributed by atoms with van der Waals surface area (Å²) < 4.78 is 0. The van der Waals surface area contributed by atoms with Gasteiger partial charge in [0, 0.05) is 11.8 Å². The van der Waals surface area contributed by atoms with Crippen molar-refractivity contribution in [2.75, 3.05) is 10.6 Å². The summed E-state index contributed by atoms with van der Waals surface area (Å²) in [5, 5.41) is 17.3. The molecule has 0 atom stereocenters. The van der Waals surface area contributed by atoms with E-state index in [0.717, 1.165) is 16.8 Å². The van der Waals surface area contributed by atoms with E-state index in [1.165, 1.54) is 6.07 Å². The quantitative estimate of drug-likeness (QED) is 0.369. The Bertz CT molecular complexity index is 826. The number of rotatable bonds is 3. The van der Waals surface area contributed by atoms with Gasteiger partial charge in [0.1, 0.15) is 5.69 Å². The van der Waals surface area contributed by atoms with Crippen LogP contribution in [0.15, 0.2) is 42.5 Å². The first-order valence-corrected chi connectivity index (χ1v) is 8.13. The number of hydrogen-bond acceptors (Lipinski definition) is 4. The van der Waals surface area contributed by atoms with E-state index in [1.807, 2.05) is 32.0 Å². The van der Waals surface area contributed by atoms with Crippen LogP contribution in [0.2, 0.25) is 0 Å². The molecule has 0 saturated carbocycles. The maximum atomic E-state index is 11.0. The van der Waals surface area contributed by atoms with E-state index in [4.69, 9.17) is 24.4 Å². The van der Waals surface area contributed by atoms with Crippen LogP contribution in [-0.2, 0) is 0 Å². The minimum absolute atomic E-state index is 0.0669. The zero-order chi connectivity index (χ0) is 18.4. The van der Waals surface area contributed by atoms with E-state index in [1.54, 1.807) is 18.2 Å². The van der Waals surface area contributed by atoms with Crippen LogP contribution in [0.4, 0.5) is 17.1 Å². The molecule has 0 aliphatic heterocycles. The highest BCUT2D eigenvalue weighted by atomic mass is 32.1. The van der Waals surface area contributed by atoms with Crippen LogP contribution in [0, 0.1) is 24.0 Å². The number of nitro groups is 1. The maximum absolute atomic E-state index is 11.0. The Morgan fingerprint density at radius 1 is 0.920 bits per heavy atom. The van der Waals surface area contributed by atoms with Crippen LogP contribution >= 0.6 is 24.4 Å². The second kappa shape index (κ2) is 8.36. The summed E-state index contributed by atoms with van der Waals surface area (Å²) in [5.74, 6) is 0. The number of benzene rings is 2. The molecule has 2 aromatic carbocycles. The van der Waals surface area contributed by atoms with Crippen molar-refractivity contribution in [3.05, 3.63) is 63.7 Å². The topological polar surface area (TPSA) is 91.3 Å². The number of nitrogens with one attached hydrogen (secondary N) is 4. The molecular weight excluding hydrogens is 358 g/mol. The van der Waals surface area contributed by atoms with Crippen molar-refractivity contribution in [1.29, 1.82) is 0 Å². The number of nitro benzene ring substituents is 1. The first-order valence-electron chi connectivity index (χ1n) is 7.32. The average Bonchev–Trinajstić information content (AvgIpc) is 2.57. The van der Waals surface area contributed by atoms with Gasteiger partial charge in [-0.3, -0.25) is 21.0 Å². The lowest BCUT2D eigenvalue weighted by molar-refractivity contribution is -0.383. The van der Waals surface area contributed by atoms with E-state index in [9.17, 15) is 10.1 Å². The van der Waals surface area contributed by atoms with Crippen molar-refractivity contribution < 1.29 is 4.92 Å². The number of para-hydroxylation sites is 2. The smallest absolute Gasteiger partial charge is 0.292 e. The minimum atomic E-state index is -0.481. The highest BCUT2D eigenvalue weighted by Crippen LogP contribution is 2.22. The summed E-state index contributed by atoms with van der Waals surface area (Å²) in [7, 11) is 0. The summed E-state index contributed by atoms with van der Waals surface area (Å²) >= 11 is 10.3. The minimum Gasteiger partial charge on any atom is -0.331 e. The SMILES string of the molecule is Cc1cccc(NC(=S)NNC(=S)Nc2ccccc2[N+](=O)[O-])c1C. The van der Waals surface area contributed by atoms with Crippen LogP contribution < -0.4 is 21.5 Å². The Hall–Kier alpha value is -2.78. The van der Waals surface area contributed by atoms with Gasteiger partial charge in [0.05, 0.1) is 4.92 Å². The van der Waals surface area contributed by atoms with Gasteiger partial charge in [0.15, 0.2) is 10.2 Å². The molecule has 0 radical (unpaired) electrons. The molecule has 0 saturated heterocycles. The van der Waals surface area contributed by atoms with Gasteiger partial charge in [-0.25, -0.2) is 0 Å². The normalized spacial score (nSPS) is 9.84. The molecule has 0 amide bonds. The lowest BCUT2D eigenvalue weighted by Gasteiger charge is -2.16. The second-order valence-electron chi connectivity index (χ2n) is 5.18. The molecule has 0 unspecified atom stereocenters. The molecule has 0 heterocycles. The fourth-order valence-corrected chi connectivity index (χ4v) is 2.37. The molecule has 25 heavy (non-hydrogen) atoms. The van der Waals surface area contributed by atoms with Crippen LogP contribution in [0.1, 0.15) is 11.1 Å². The molecule has 0 aliphatic carbocycles. The van der Waals surface area contributed by atoms with E-state index < -0.39 is 4.92 Å². The molecule has 9 heteroatoms. The molecule has 0 bridgehead atoms. The first-order chi connectivity index (χ1) is 11.9. The number of aryl methyl sites for hydroxylation is 1. The number of thiocarbonyl (C=S) groups is 2. The largest absolute Gasteiger partial charge is 0.331 e. The van der Waals surface area contributed by atoms with E-state index in [0.29, 0.717) is 10.8 Å². The second-order valence-corrected chi connectivity index (χ2v) is 6.00. The summed E-state index contributed by atoms with van der Waals surface area (Å²) in [6.07, 6.45) is 0. The third-order valence-electron chi connectivity index (χ3n) is 3.49. The Labute approximate surface area is 155 Å². The summed E-state index contributed by atoms with van der Waals surface area (Å²) in [4.78, 5) is 10.5. The van der Waals surface area contributed by atoms with Gasteiger partial charge in [0.2, 0.25) is 0 Å². The molecule has 4 N–H and O–H groups in total. The fourth-order valence-electron chi connectivity index (χ4n) is 2.05. The molecule has 0 aliphatic rings. The number of hydrogen-bond donors (Lipinski definition) is 4. The maximum Gasteiger partial charge on any atom is 0.292 e. The first kappa shape index (κ1) is 18.6. The van der Waals surface area contributed by atoms with Crippen molar-refractivity contribution in [3.8, 4) is 0 Å². The monoisotopic (exact) mass is 375 g/mol. The number of anilines is 2. The van der Waals surface area contributed by atoms with Gasteiger partial charge in [-0.15, -0.1) is 0 Å². The Morgan fingerprint density at radius 3 is 2.12 bits per heavy atom. The Balaban J connectivity index is 1.91. The van der Waals surface area contributed by atoms with Crippen LogP contribution in [0.25, 0.3) is 0 Å². The van der Waals surface area contributed by atoms with Crippen LogP contribution in [0.5, 0.6) is 0 Å². The van der Waals surface area contributed by atoms with Crippen molar-refractivity contribution in [1.82, 2.24) is 10.9 Å². The molecule has 7 nitrogen and oxygen atoms in total. The van der Waals surface area contributed by atoms with E-state index in [-0.39, 0.29) is 10.8 Å². The van der Waals surface area contributed by atoms with Gasteiger partial charge in [-0.1, -0.05) is 24.3 Å². The third-order valence-corrected chi connectivity index (χ3v) is 3.90. The predicted octanol–water partition coefficient (Wildman–Crippen LogP) is 3.40. The zero-order valence-corrected chi connectivity index (χ0v) is 15.3. The molecule has 0 spiro atoms. The molecular formula is C16H17N5O2S2. The molecule has 2 aromatic rings. The Kier molecular flexibility index (Phi) is 6.20. The fraction of sp³-hybridized carbons (Fsp3) is 0.125. The molecule has 0 aromatic heterocycles. The number of hydrazine groups is 1. The highest BCUT2D eigenvalue weighted by Gasteiger charge is 2.13. The summed E-state index contributed by atoms with van der Waals surface area (Å²) in [5.41, 5.74) is 8.79. The van der Waals surface area contributed by atoms with Gasteiger partial charge < -0.3 is 10.6 Å². The molecule has 130 valence electrons. The lowest BCUT2D eigenvalue weighted by atomic mass is 10.1. The van der Waals surface area contributed by atoms with Crippen molar-refractivity contribution in [2.45, 2.75) is 13.8 Å². The summed E-state index contributed by atoms with van der Waals surface area (Å²) in [6.45, 7) is 4.01. The summed E-state index contributed by atoms with van der Waals surface area (Å²) in [6, 6.07) is 12.1.